The van der Waals surface area contributed by atoms with Gasteiger partial charge in [0.15, 0.2) is 0 Å². The van der Waals surface area contributed by atoms with Crippen molar-refractivity contribution in [2.75, 3.05) is 6.26 Å². The van der Waals surface area contributed by atoms with Crippen LogP contribution in [0.15, 0.2) is 29.2 Å². The van der Waals surface area contributed by atoms with Crippen LogP contribution >= 0.6 is 11.8 Å². The zero-order valence-electron chi connectivity index (χ0n) is 9.95. The van der Waals surface area contributed by atoms with Crippen LogP contribution in [0.4, 0.5) is 0 Å². The van der Waals surface area contributed by atoms with Crippen LogP contribution in [0.25, 0.3) is 0 Å². The van der Waals surface area contributed by atoms with Crippen molar-refractivity contribution in [1.82, 2.24) is 5.32 Å². The molecule has 1 fully saturated rings. The first-order valence-electron chi connectivity index (χ1n) is 5.56. The third-order valence-corrected chi connectivity index (χ3v) is 3.84. The average Bonchev–Trinajstić information content (AvgIpc) is 3.09. The van der Waals surface area contributed by atoms with Crippen molar-refractivity contribution >= 4 is 23.5 Å². The van der Waals surface area contributed by atoms with Crippen molar-refractivity contribution in [3.8, 4) is 0 Å². The molecule has 90 valence electrons. The minimum absolute atomic E-state index is 0.303. The highest BCUT2D eigenvalue weighted by Gasteiger charge is 2.47. The summed E-state index contributed by atoms with van der Waals surface area (Å²) >= 11 is 1.66. The van der Waals surface area contributed by atoms with Crippen molar-refractivity contribution in [3.05, 3.63) is 29.8 Å². The number of benzene rings is 1. The van der Waals surface area contributed by atoms with E-state index in [1.54, 1.807) is 11.8 Å². The first kappa shape index (κ1) is 12.2. The van der Waals surface area contributed by atoms with Crippen molar-refractivity contribution in [2.45, 2.75) is 30.2 Å². The molecule has 0 aromatic heterocycles. The smallest absolute Gasteiger partial charge is 0.287 e. The van der Waals surface area contributed by atoms with E-state index >= 15 is 0 Å². The lowest BCUT2D eigenvalue weighted by atomic mass is 10.0. The molecule has 0 bridgehead atoms. The van der Waals surface area contributed by atoms with Gasteiger partial charge in [-0.15, -0.1) is 11.8 Å². The molecule has 4 heteroatoms. The van der Waals surface area contributed by atoms with E-state index < -0.39 is 11.7 Å². The zero-order chi connectivity index (χ0) is 12.5. The molecule has 0 heterocycles. The lowest BCUT2D eigenvalue weighted by Crippen LogP contribution is -2.38. The molecule has 17 heavy (non-hydrogen) atoms. The Bertz CT molecular complexity index is 466. The van der Waals surface area contributed by atoms with E-state index in [0.29, 0.717) is 0 Å². The number of rotatable bonds is 4. The number of carbonyl (C=O) groups excluding carboxylic acids is 2. The predicted molar refractivity (Wildman–Crippen MR) is 68.0 cm³/mol. The number of hydrogen-bond donors (Lipinski definition) is 1. The number of hydrogen-bond acceptors (Lipinski definition) is 3. The Morgan fingerprint density at radius 2 is 1.94 bits per heavy atom. The maximum absolute atomic E-state index is 11.5. The molecule has 0 saturated heterocycles. The lowest BCUT2D eigenvalue weighted by molar-refractivity contribution is -0.137. The van der Waals surface area contributed by atoms with E-state index in [-0.39, 0.29) is 5.54 Å². The van der Waals surface area contributed by atoms with Crippen LogP contribution in [0.3, 0.4) is 0 Å². The van der Waals surface area contributed by atoms with Crippen molar-refractivity contribution in [3.63, 3.8) is 0 Å². The van der Waals surface area contributed by atoms with Crippen LogP contribution in [-0.2, 0) is 15.1 Å². The highest BCUT2D eigenvalue weighted by atomic mass is 32.2. The minimum Gasteiger partial charge on any atom is -0.340 e. The summed E-state index contributed by atoms with van der Waals surface area (Å²) in [7, 11) is 0. The summed E-state index contributed by atoms with van der Waals surface area (Å²) in [4.78, 5) is 23.7. The Labute approximate surface area is 105 Å². The zero-order valence-corrected chi connectivity index (χ0v) is 10.8. The minimum atomic E-state index is -0.488. The predicted octanol–water partition coefficient (Wildman–Crippen LogP) is 2.10. The molecule has 2 rings (SSSR count). The fourth-order valence-corrected chi connectivity index (χ4v) is 2.63. The molecule has 0 unspecified atom stereocenters. The molecule has 1 saturated carbocycles. The first-order chi connectivity index (χ1) is 8.09. The number of thioether (sulfide) groups is 1. The molecule has 1 aliphatic carbocycles. The van der Waals surface area contributed by atoms with Gasteiger partial charge in [-0.05, 0) is 30.7 Å². The second-order valence-corrected chi connectivity index (χ2v) is 5.14. The van der Waals surface area contributed by atoms with Crippen LogP contribution in [-0.4, -0.2) is 17.9 Å². The Hall–Kier alpha value is -1.29. The quantitative estimate of drug-likeness (QED) is 0.656. The molecular formula is C13H15NO2S. The maximum atomic E-state index is 11.5. The topological polar surface area (TPSA) is 46.2 Å². The van der Waals surface area contributed by atoms with Gasteiger partial charge in [0.05, 0.1) is 5.54 Å². The molecule has 1 amide bonds. The van der Waals surface area contributed by atoms with Crippen LogP contribution in [0.2, 0.25) is 0 Å². The van der Waals surface area contributed by atoms with Gasteiger partial charge in [0, 0.05) is 11.8 Å². The molecule has 0 radical (unpaired) electrons. The first-order valence-corrected chi connectivity index (χ1v) is 6.78. The van der Waals surface area contributed by atoms with Gasteiger partial charge in [0.2, 0.25) is 5.78 Å². The molecule has 1 aliphatic rings. The van der Waals surface area contributed by atoms with Crippen LogP contribution in [0.1, 0.15) is 25.3 Å². The Morgan fingerprint density at radius 1 is 1.29 bits per heavy atom. The normalized spacial score (nSPS) is 16.4. The third kappa shape index (κ3) is 2.36. The lowest BCUT2D eigenvalue weighted by Gasteiger charge is -2.19. The van der Waals surface area contributed by atoms with Crippen molar-refractivity contribution in [2.24, 2.45) is 0 Å². The number of nitrogens with one attached hydrogen (secondary N) is 1. The number of ketones is 1. The van der Waals surface area contributed by atoms with Gasteiger partial charge < -0.3 is 5.32 Å². The Kier molecular flexibility index (Phi) is 3.24. The number of amides is 1. The molecule has 0 aliphatic heterocycles. The van der Waals surface area contributed by atoms with E-state index in [9.17, 15) is 9.59 Å². The largest absolute Gasteiger partial charge is 0.340 e. The average molecular weight is 249 g/mol. The van der Waals surface area contributed by atoms with Crippen LogP contribution < -0.4 is 5.32 Å². The fraction of sp³-hybridized carbons (Fsp3) is 0.385. The van der Waals surface area contributed by atoms with Gasteiger partial charge in [-0.3, -0.25) is 9.59 Å². The summed E-state index contributed by atoms with van der Waals surface area (Å²) in [6, 6.07) is 8.02. The van der Waals surface area contributed by atoms with Gasteiger partial charge in [-0.2, -0.15) is 0 Å². The van der Waals surface area contributed by atoms with Gasteiger partial charge in [0.1, 0.15) is 0 Å². The monoisotopic (exact) mass is 249 g/mol. The molecule has 0 atom stereocenters. The maximum Gasteiger partial charge on any atom is 0.287 e. The van der Waals surface area contributed by atoms with E-state index in [4.69, 9.17) is 0 Å². The number of carbonyl (C=O) groups is 2. The summed E-state index contributed by atoms with van der Waals surface area (Å²) in [5, 5.41) is 2.86. The van der Waals surface area contributed by atoms with E-state index in [0.717, 1.165) is 23.3 Å². The molecule has 3 nitrogen and oxygen atoms in total. The SMILES string of the molecule is CSc1ccccc1C1(NC(=O)C(C)=O)CC1. The van der Waals surface area contributed by atoms with E-state index in [1.165, 1.54) is 6.92 Å². The standard InChI is InChI=1S/C13H15NO2S/c1-9(15)12(16)14-13(7-8-13)10-5-3-4-6-11(10)17-2/h3-6H,7-8H2,1-2H3,(H,14,16). The van der Waals surface area contributed by atoms with E-state index in [2.05, 4.69) is 5.32 Å². The summed E-state index contributed by atoms with van der Waals surface area (Å²) < 4.78 is 0. The molecular weight excluding hydrogens is 234 g/mol. The molecule has 1 aromatic carbocycles. The van der Waals surface area contributed by atoms with Crippen LogP contribution in [0.5, 0.6) is 0 Å². The van der Waals surface area contributed by atoms with Crippen LogP contribution in [0, 0.1) is 0 Å². The Balaban J connectivity index is 2.27. The third-order valence-electron chi connectivity index (χ3n) is 3.05. The van der Waals surface area contributed by atoms with Crippen molar-refractivity contribution < 1.29 is 9.59 Å². The van der Waals surface area contributed by atoms with Gasteiger partial charge in [0.25, 0.3) is 5.91 Å². The van der Waals surface area contributed by atoms with Gasteiger partial charge in [-0.1, -0.05) is 18.2 Å². The summed E-state index contributed by atoms with van der Waals surface area (Å²) in [5.41, 5.74) is 0.824. The highest BCUT2D eigenvalue weighted by Crippen LogP contribution is 2.48. The Morgan fingerprint density at radius 3 is 2.47 bits per heavy atom. The van der Waals surface area contributed by atoms with Gasteiger partial charge in [-0.25, -0.2) is 0 Å². The molecule has 1 aromatic rings. The molecule has 0 spiro atoms. The highest BCUT2D eigenvalue weighted by molar-refractivity contribution is 7.98. The second kappa shape index (κ2) is 4.53. The summed E-state index contributed by atoms with van der Waals surface area (Å²) in [6.45, 7) is 1.30. The summed E-state index contributed by atoms with van der Waals surface area (Å²) in [6.07, 6.45) is 3.83. The molecule has 1 N–H and O–H groups in total. The summed E-state index contributed by atoms with van der Waals surface area (Å²) in [5.74, 6) is -0.920. The van der Waals surface area contributed by atoms with Crippen molar-refractivity contribution in [1.29, 1.82) is 0 Å². The number of Topliss-reactive ketones (excluding diaryl/α,β-unsaturated/α-hetero) is 1. The second-order valence-electron chi connectivity index (χ2n) is 4.29. The van der Waals surface area contributed by atoms with Gasteiger partial charge >= 0.3 is 0 Å². The fourth-order valence-electron chi connectivity index (χ4n) is 1.93. The van der Waals surface area contributed by atoms with E-state index in [1.807, 2.05) is 30.5 Å².